The first-order chi connectivity index (χ1) is 31.3. The molecule has 0 amide bonds. The Balaban J connectivity index is 0.739. The summed E-state index contributed by atoms with van der Waals surface area (Å²) in [5, 5.41) is 16.7. The normalized spacial score (nSPS) is 20.2. The number of nitrogens with one attached hydrogen (secondary N) is 2. The van der Waals surface area contributed by atoms with Gasteiger partial charge in [0.1, 0.15) is 11.6 Å². The van der Waals surface area contributed by atoms with Crippen LogP contribution in [0.1, 0.15) is 34.7 Å². The van der Waals surface area contributed by atoms with E-state index < -0.39 is 24.4 Å². The summed E-state index contributed by atoms with van der Waals surface area (Å²) in [7, 11) is 0. The van der Waals surface area contributed by atoms with Gasteiger partial charge in [-0.25, -0.2) is 18.4 Å². The van der Waals surface area contributed by atoms with Crippen molar-refractivity contribution in [2.24, 2.45) is 0 Å². The second kappa shape index (κ2) is 18.5. The molecular formula is C48H52F2N10O4. The van der Waals surface area contributed by atoms with Gasteiger partial charge in [-0.1, -0.05) is 48.5 Å². The fourth-order valence-electron chi connectivity index (χ4n) is 9.67. The van der Waals surface area contributed by atoms with Crippen LogP contribution in [0.5, 0.6) is 0 Å². The first kappa shape index (κ1) is 41.8. The van der Waals surface area contributed by atoms with E-state index >= 15 is 0 Å². The molecule has 0 bridgehead atoms. The Labute approximate surface area is 370 Å². The lowest BCUT2D eigenvalue weighted by molar-refractivity contribution is -0.158. The lowest BCUT2D eigenvalue weighted by Crippen LogP contribution is -2.49. The maximum absolute atomic E-state index is 13.8. The smallest absolute Gasteiger partial charge is 0.332 e. The van der Waals surface area contributed by atoms with Crippen LogP contribution in [0.3, 0.4) is 0 Å². The number of hydrogen-bond acceptors (Lipinski definition) is 12. The Hall–Kier alpha value is -6.20. The predicted molar refractivity (Wildman–Crippen MR) is 240 cm³/mol. The van der Waals surface area contributed by atoms with Crippen molar-refractivity contribution < 1.29 is 27.8 Å². The fourth-order valence-corrected chi connectivity index (χ4v) is 9.67. The van der Waals surface area contributed by atoms with Gasteiger partial charge in [0.2, 0.25) is 0 Å². The quantitative estimate of drug-likeness (QED) is 0.121. The van der Waals surface area contributed by atoms with Crippen LogP contribution in [0, 0.1) is 11.6 Å². The number of ether oxygens (including phenoxy) is 2. The topological polar surface area (TPSA) is 129 Å². The van der Waals surface area contributed by atoms with Crippen molar-refractivity contribution in [1.82, 2.24) is 40.0 Å². The molecule has 10 rings (SSSR count). The van der Waals surface area contributed by atoms with Crippen LogP contribution >= 0.6 is 0 Å². The van der Waals surface area contributed by atoms with Gasteiger partial charge in [-0.15, -0.1) is 0 Å². The molecule has 332 valence electrons. The molecule has 2 N–H and O–H groups in total. The second-order valence-electron chi connectivity index (χ2n) is 17.0. The monoisotopic (exact) mass is 870 g/mol. The van der Waals surface area contributed by atoms with Crippen molar-refractivity contribution in [1.29, 1.82) is 0 Å². The summed E-state index contributed by atoms with van der Waals surface area (Å²) < 4.78 is 39.8. The number of benzene rings is 4. The molecule has 0 saturated carbocycles. The van der Waals surface area contributed by atoms with E-state index in [0.29, 0.717) is 24.1 Å². The van der Waals surface area contributed by atoms with Crippen LogP contribution in [-0.4, -0.2) is 144 Å². The summed E-state index contributed by atoms with van der Waals surface area (Å²) in [6, 6.07) is 25.5. The number of halogens is 2. The zero-order chi connectivity index (χ0) is 43.6. The van der Waals surface area contributed by atoms with E-state index in [2.05, 4.69) is 61.9 Å². The van der Waals surface area contributed by atoms with Crippen LogP contribution < -0.4 is 9.80 Å². The first-order valence-electron chi connectivity index (χ1n) is 22.3. The van der Waals surface area contributed by atoms with E-state index in [1.165, 1.54) is 36.4 Å². The number of carbonyl (C=O) groups excluding carboxylic acids is 2. The van der Waals surface area contributed by atoms with Crippen molar-refractivity contribution >= 4 is 45.4 Å². The summed E-state index contributed by atoms with van der Waals surface area (Å²) in [6.07, 6.45) is 2.86. The maximum Gasteiger partial charge on any atom is 0.332 e. The molecule has 0 aliphatic carbocycles. The molecule has 2 saturated heterocycles. The van der Waals surface area contributed by atoms with Crippen molar-refractivity contribution in [3.63, 3.8) is 0 Å². The number of anilines is 2. The van der Waals surface area contributed by atoms with Gasteiger partial charge in [-0.3, -0.25) is 29.8 Å². The molecule has 16 heteroatoms. The SMILES string of the molecule is O=C(/C=C/C(=O)OC1c2ccccc2CCN1CCN1CCN(c2n[nH]c3cc(F)ccc23)CC1)OC1c2ccccc2CCN1CCN1CCN(c2n[nH]c3cc(F)ccc23)CC1. The van der Waals surface area contributed by atoms with Gasteiger partial charge < -0.3 is 19.3 Å². The number of aromatic amines is 2. The molecule has 4 aliphatic rings. The largest absolute Gasteiger partial charge is 0.439 e. The van der Waals surface area contributed by atoms with E-state index in [1.807, 2.05) is 36.4 Å². The zero-order valence-electron chi connectivity index (χ0n) is 35.7. The van der Waals surface area contributed by atoms with Gasteiger partial charge in [-0.05, 0) is 60.4 Å². The van der Waals surface area contributed by atoms with E-state index in [1.54, 1.807) is 12.1 Å². The van der Waals surface area contributed by atoms with Crippen molar-refractivity contribution in [2.75, 3.05) is 101 Å². The minimum atomic E-state index is -0.613. The average Bonchev–Trinajstić information content (AvgIpc) is 3.94. The molecule has 14 nitrogen and oxygen atoms in total. The summed E-state index contributed by atoms with van der Waals surface area (Å²) in [5.41, 5.74) is 5.56. The molecule has 2 aromatic heterocycles. The molecule has 2 atom stereocenters. The van der Waals surface area contributed by atoms with Gasteiger partial charge >= 0.3 is 11.9 Å². The predicted octanol–water partition coefficient (Wildman–Crippen LogP) is 5.42. The summed E-state index contributed by atoms with van der Waals surface area (Å²) in [6.45, 7) is 10.9. The van der Waals surface area contributed by atoms with Crippen LogP contribution in [-0.2, 0) is 31.9 Å². The number of esters is 2. The minimum Gasteiger partial charge on any atom is -0.439 e. The molecule has 6 heterocycles. The Morgan fingerprint density at radius 1 is 0.562 bits per heavy atom. The molecule has 2 fully saturated rings. The number of hydrogen-bond donors (Lipinski definition) is 2. The number of piperazine rings is 2. The van der Waals surface area contributed by atoms with Gasteiger partial charge in [0.15, 0.2) is 24.1 Å². The third-order valence-electron chi connectivity index (χ3n) is 13.2. The van der Waals surface area contributed by atoms with Gasteiger partial charge in [0.25, 0.3) is 0 Å². The number of nitrogens with zero attached hydrogens (tertiary/aromatic N) is 8. The highest BCUT2D eigenvalue weighted by atomic mass is 19.1. The average molecular weight is 871 g/mol. The highest BCUT2D eigenvalue weighted by Crippen LogP contribution is 2.33. The number of carbonyl (C=O) groups is 2. The summed E-state index contributed by atoms with van der Waals surface area (Å²) in [4.78, 5) is 40.7. The fraction of sp³-hybridized carbons (Fsp3) is 0.375. The molecular weight excluding hydrogens is 819 g/mol. The standard InChI is InChI=1S/C48H52F2N10O4/c49-35-9-11-39-41(31-35)51-53-45(39)57-25-19-55(20-26-57)23-29-59-17-15-33-5-1-3-7-37(33)47(59)63-43(61)13-14-44(62)64-48-38-8-4-2-6-34(38)16-18-60(48)30-24-56-21-27-58(28-22-56)46-40-12-10-36(50)32-42(40)52-54-46/h1-14,31-32,47-48H,15-30H2,(H,51,53)(H,52,54)/b14-13+. The molecule has 4 aromatic carbocycles. The van der Waals surface area contributed by atoms with E-state index in [9.17, 15) is 18.4 Å². The Bertz CT molecular complexity index is 2470. The molecule has 0 radical (unpaired) electrons. The minimum absolute atomic E-state index is 0.291. The van der Waals surface area contributed by atoms with Crippen LogP contribution in [0.2, 0.25) is 0 Å². The highest BCUT2D eigenvalue weighted by Gasteiger charge is 2.33. The lowest BCUT2D eigenvalue weighted by atomic mass is 9.98. The number of H-pyrrole nitrogens is 2. The summed E-state index contributed by atoms with van der Waals surface area (Å²) >= 11 is 0. The van der Waals surface area contributed by atoms with Crippen molar-refractivity contribution in [2.45, 2.75) is 25.3 Å². The Morgan fingerprint density at radius 2 is 0.984 bits per heavy atom. The molecule has 4 aliphatic heterocycles. The first-order valence-corrected chi connectivity index (χ1v) is 22.3. The lowest BCUT2D eigenvalue weighted by Gasteiger charge is -2.39. The Kier molecular flexibility index (Phi) is 12.1. The van der Waals surface area contributed by atoms with E-state index in [4.69, 9.17) is 9.47 Å². The third-order valence-corrected chi connectivity index (χ3v) is 13.2. The van der Waals surface area contributed by atoms with Crippen LogP contribution in [0.4, 0.5) is 20.4 Å². The highest BCUT2D eigenvalue weighted by molar-refractivity contribution is 5.92. The van der Waals surface area contributed by atoms with E-state index in [0.717, 1.165) is 136 Å². The second-order valence-corrected chi connectivity index (χ2v) is 17.0. The molecule has 64 heavy (non-hydrogen) atoms. The Morgan fingerprint density at radius 3 is 1.42 bits per heavy atom. The number of aromatic nitrogens is 4. The van der Waals surface area contributed by atoms with Crippen LogP contribution in [0.25, 0.3) is 21.8 Å². The molecule has 0 spiro atoms. The molecule has 2 unspecified atom stereocenters. The van der Waals surface area contributed by atoms with Gasteiger partial charge in [-0.2, -0.15) is 10.2 Å². The third kappa shape index (κ3) is 8.95. The van der Waals surface area contributed by atoms with Crippen LogP contribution in [0.15, 0.2) is 97.1 Å². The van der Waals surface area contributed by atoms with Gasteiger partial charge in [0, 0.05) is 126 Å². The zero-order valence-corrected chi connectivity index (χ0v) is 35.7. The van der Waals surface area contributed by atoms with Crippen molar-refractivity contribution in [3.05, 3.63) is 131 Å². The molecule has 6 aromatic rings. The number of fused-ring (bicyclic) bond motifs is 4. The van der Waals surface area contributed by atoms with E-state index in [-0.39, 0.29) is 11.6 Å². The maximum atomic E-state index is 13.8. The van der Waals surface area contributed by atoms with Crippen molar-refractivity contribution in [3.8, 4) is 0 Å². The van der Waals surface area contributed by atoms with Gasteiger partial charge in [0.05, 0.1) is 11.0 Å². The summed E-state index contributed by atoms with van der Waals surface area (Å²) in [5.74, 6) is -0.121. The number of rotatable bonds is 12.